The number of nitrogens with one attached hydrogen (secondary N) is 3. The van der Waals surface area contributed by atoms with Crippen LogP contribution in [0.25, 0.3) is 11.3 Å². The minimum Gasteiger partial charge on any atom is -0.496 e. The summed E-state index contributed by atoms with van der Waals surface area (Å²) in [7, 11) is 1.47. The molecule has 4 rings (SSSR count). The first-order valence-electron chi connectivity index (χ1n) is 12.9. The van der Waals surface area contributed by atoms with E-state index in [0.717, 1.165) is 5.56 Å². The summed E-state index contributed by atoms with van der Waals surface area (Å²) < 4.78 is 10.7. The second-order valence-electron chi connectivity index (χ2n) is 10.2. The molecule has 0 radical (unpaired) electrons. The first kappa shape index (κ1) is 29.0. The van der Waals surface area contributed by atoms with Crippen LogP contribution in [0.15, 0.2) is 89.8 Å². The van der Waals surface area contributed by atoms with Crippen molar-refractivity contribution in [1.82, 2.24) is 15.6 Å². The smallest absolute Gasteiger partial charge is 0.313 e. The highest BCUT2D eigenvalue weighted by molar-refractivity contribution is 6.39. The Morgan fingerprint density at radius 2 is 1.63 bits per heavy atom. The van der Waals surface area contributed by atoms with E-state index in [1.807, 2.05) is 19.1 Å². The first-order chi connectivity index (χ1) is 19.5. The molecule has 0 saturated carbocycles. The second kappa shape index (κ2) is 12.1. The predicted octanol–water partition coefficient (Wildman–Crippen LogP) is 3.54. The molecule has 0 fully saturated rings. The van der Waals surface area contributed by atoms with Gasteiger partial charge in [0.1, 0.15) is 5.75 Å². The number of carbonyl (C=O) groups excluding carboxylic acids is 3. The molecule has 1 heterocycles. The van der Waals surface area contributed by atoms with Crippen molar-refractivity contribution in [2.75, 3.05) is 19.0 Å². The van der Waals surface area contributed by atoms with E-state index >= 15 is 0 Å². The van der Waals surface area contributed by atoms with Gasteiger partial charge in [-0.05, 0) is 44.0 Å². The molecule has 0 bridgehead atoms. The third-order valence-electron chi connectivity index (χ3n) is 6.50. The number of amides is 3. The number of anilines is 1. The minimum absolute atomic E-state index is 0.0639. The third-order valence-corrected chi connectivity index (χ3v) is 6.50. The Morgan fingerprint density at radius 3 is 2.27 bits per heavy atom. The molecular formula is C31H32N4O6. The van der Waals surface area contributed by atoms with Gasteiger partial charge in [-0.2, -0.15) is 0 Å². The zero-order chi connectivity index (χ0) is 29.6. The van der Waals surface area contributed by atoms with Crippen molar-refractivity contribution >= 4 is 23.4 Å². The van der Waals surface area contributed by atoms with Crippen LogP contribution in [0.4, 0.5) is 5.69 Å². The van der Waals surface area contributed by atoms with Crippen molar-refractivity contribution in [3.8, 4) is 17.1 Å². The van der Waals surface area contributed by atoms with E-state index < -0.39 is 28.9 Å². The number of hydrogen-bond acceptors (Lipinski definition) is 7. The van der Waals surface area contributed by atoms with Gasteiger partial charge in [0, 0.05) is 18.3 Å². The van der Waals surface area contributed by atoms with Crippen LogP contribution in [-0.2, 0) is 20.0 Å². The van der Waals surface area contributed by atoms with Crippen LogP contribution in [0.5, 0.6) is 5.75 Å². The van der Waals surface area contributed by atoms with Gasteiger partial charge >= 0.3 is 11.8 Å². The number of aliphatic hydroxyl groups is 1. The van der Waals surface area contributed by atoms with Gasteiger partial charge in [-0.1, -0.05) is 60.2 Å². The molecule has 4 aromatic rings. The van der Waals surface area contributed by atoms with Crippen LogP contribution in [0.3, 0.4) is 0 Å². The molecule has 0 saturated heterocycles. The molecule has 212 valence electrons. The number of nitrogens with zero attached hydrogens (tertiary/aromatic N) is 1. The maximum absolute atomic E-state index is 13.5. The second-order valence-corrected chi connectivity index (χ2v) is 10.2. The fraction of sp³-hybridized carbons (Fsp3) is 0.226. The van der Waals surface area contributed by atoms with E-state index in [-0.39, 0.29) is 6.54 Å². The Balaban J connectivity index is 1.42. The van der Waals surface area contributed by atoms with Crippen LogP contribution >= 0.6 is 0 Å². The van der Waals surface area contributed by atoms with Crippen molar-refractivity contribution in [1.29, 1.82) is 0 Å². The van der Waals surface area contributed by atoms with E-state index in [9.17, 15) is 19.5 Å². The molecule has 10 nitrogen and oxygen atoms in total. The number of oxazole rings is 1. The largest absolute Gasteiger partial charge is 0.496 e. The Labute approximate surface area is 237 Å². The Bertz CT molecular complexity index is 1520. The molecule has 4 N–H and O–H groups in total. The molecule has 0 aliphatic heterocycles. The molecule has 3 amide bonds. The quantitative estimate of drug-likeness (QED) is 0.231. The lowest BCUT2D eigenvalue weighted by molar-refractivity contribution is -0.138. The molecule has 0 aliphatic rings. The summed E-state index contributed by atoms with van der Waals surface area (Å²) in [4.78, 5) is 42.8. The van der Waals surface area contributed by atoms with E-state index in [0.29, 0.717) is 33.9 Å². The van der Waals surface area contributed by atoms with E-state index in [1.54, 1.807) is 74.5 Å². The minimum atomic E-state index is -1.97. The number of methoxy groups -OCH3 is 1. The van der Waals surface area contributed by atoms with Gasteiger partial charge in [0.05, 0.1) is 24.4 Å². The average molecular weight is 557 g/mol. The monoisotopic (exact) mass is 556 g/mol. The van der Waals surface area contributed by atoms with E-state index in [1.165, 1.54) is 19.7 Å². The maximum Gasteiger partial charge on any atom is 0.313 e. The first-order valence-corrected chi connectivity index (χ1v) is 12.9. The molecule has 0 aliphatic carbocycles. The number of benzene rings is 3. The summed E-state index contributed by atoms with van der Waals surface area (Å²) in [6, 6.07) is 20.5. The number of hydrogen-bond donors (Lipinski definition) is 4. The zero-order valence-electron chi connectivity index (χ0n) is 23.2. The number of aryl methyl sites for hydroxylation is 1. The SMILES string of the molecule is COc1cc(NC(=O)C(=O)NC(C)(C)CNC(=O)C(O)(c2ccccc2)c2ccc(C)cc2)ccc1-c1cnco1. The molecule has 10 heteroatoms. The third kappa shape index (κ3) is 6.62. The molecule has 1 unspecified atom stereocenters. The van der Waals surface area contributed by atoms with Crippen LogP contribution in [0, 0.1) is 6.92 Å². The van der Waals surface area contributed by atoms with Gasteiger partial charge in [0.2, 0.25) is 0 Å². The van der Waals surface area contributed by atoms with E-state index in [4.69, 9.17) is 9.15 Å². The summed E-state index contributed by atoms with van der Waals surface area (Å²) in [5, 5.41) is 19.6. The fourth-order valence-corrected chi connectivity index (χ4v) is 4.25. The number of ether oxygens (including phenoxy) is 1. The van der Waals surface area contributed by atoms with Crippen LogP contribution in [0.2, 0.25) is 0 Å². The Morgan fingerprint density at radius 1 is 0.951 bits per heavy atom. The summed E-state index contributed by atoms with van der Waals surface area (Å²) in [6.45, 7) is 5.16. The van der Waals surface area contributed by atoms with E-state index in [2.05, 4.69) is 20.9 Å². The summed E-state index contributed by atoms with van der Waals surface area (Å²) >= 11 is 0. The van der Waals surface area contributed by atoms with Gasteiger partial charge in [-0.15, -0.1) is 0 Å². The summed E-state index contributed by atoms with van der Waals surface area (Å²) in [5.74, 6) is -1.57. The molecular weight excluding hydrogens is 524 g/mol. The van der Waals surface area contributed by atoms with Gasteiger partial charge in [-0.25, -0.2) is 4.98 Å². The Hall–Kier alpha value is -4.96. The van der Waals surface area contributed by atoms with Gasteiger partial charge in [0.25, 0.3) is 5.91 Å². The highest BCUT2D eigenvalue weighted by Crippen LogP contribution is 2.32. The lowest BCUT2D eigenvalue weighted by Gasteiger charge is -2.31. The molecule has 3 aromatic carbocycles. The zero-order valence-corrected chi connectivity index (χ0v) is 23.2. The highest BCUT2D eigenvalue weighted by atomic mass is 16.5. The normalized spacial score (nSPS) is 12.6. The van der Waals surface area contributed by atoms with Crippen molar-refractivity contribution in [2.24, 2.45) is 0 Å². The van der Waals surface area contributed by atoms with Gasteiger partial charge < -0.3 is 30.2 Å². The van der Waals surface area contributed by atoms with Crippen LogP contribution < -0.4 is 20.7 Å². The average Bonchev–Trinajstić information content (AvgIpc) is 3.51. The predicted molar refractivity (Wildman–Crippen MR) is 153 cm³/mol. The number of rotatable bonds is 9. The van der Waals surface area contributed by atoms with Gasteiger partial charge in [0.15, 0.2) is 17.8 Å². The Kier molecular flexibility index (Phi) is 8.53. The molecule has 1 aromatic heterocycles. The van der Waals surface area contributed by atoms with Crippen molar-refractivity contribution in [3.63, 3.8) is 0 Å². The van der Waals surface area contributed by atoms with Crippen molar-refractivity contribution in [2.45, 2.75) is 31.9 Å². The molecule has 41 heavy (non-hydrogen) atoms. The topological polar surface area (TPSA) is 143 Å². The lowest BCUT2D eigenvalue weighted by atomic mass is 9.85. The lowest BCUT2D eigenvalue weighted by Crippen LogP contribution is -2.56. The van der Waals surface area contributed by atoms with Crippen LogP contribution in [-0.4, -0.2) is 47.0 Å². The van der Waals surface area contributed by atoms with Gasteiger partial charge in [-0.3, -0.25) is 14.4 Å². The maximum atomic E-state index is 13.5. The number of aromatic nitrogens is 1. The fourth-order valence-electron chi connectivity index (χ4n) is 4.25. The summed E-state index contributed by atoms with van der Waals surface area (Å²) in [5.41, 5.74) is -0.264. The van der Waals surface area contributed by atoms with Crippen LogP contribution in [0.1, 0.15) is 30.5 Å². The summed E-state index contributed by atoms with van der Waals surface area (Å²) in [6.07, 6.45) is 2.83. The molecule has 0 spiro atoms. The van der Waals surface area contributed by atoms with Crippen molar-refractivity contribution in [3.05, 3.63) is 102 Å². The standard InChI is InChI=1S/C31H32N4O6/c1-20-10-12-22(13-11-20)31(39,21-8-6-5-7-9-21)29(38)33-18-30(2,3)35-28(37)27(36)34-23-14-15-24(25(16-23)40-4)26-17-32-19-41-26/h5-17,19,39H,18H2,1-4H3,(H,33,38)(H,34,36)(H,35,37). The highest BCUT2D eigenvalue weighted by Gasteiger charge is 2.40. The molecule has 1 atom stereocenters. The van der Waals surface area contributed by atoms with Crippen molar-refractivity contribution < 1.29 is 28.6 Å². The number of carbonyl (C=O) groups is 3.